The predicted octanol–water partition coefficient (Wildman–Crippen LogP) is 5.70. The van der Waals surface area contributed by atoms with Crippen molar-refractivity contribution in [3.05, 3.63) is 23.8 Å². The molecule has 2 unspecified atom stereocenters. The van der Waals surface area contributed by atoms with Gasteiger partial charge in [-0.05, 0) is 64.2 Å². The maximum absolute atomic E-state index is 12.0. The molecule has 4 rings (SSSR count). The number of carbonyl (C=O) groups is 1. The van der Waals surface area contributed by atoms with Crippen molar-refractivity contribution in [3.63, 3.8) is 0 Å². The molecule has 4 fully saturated rings. The minimum absolute atomic E-state index is 0.00470. The van der Waals surface area contributed by atoms with E-state index in [0.717, 1.165) is 64.6 Å². The molecule has 7 atom stereocenters. The molecule has 3 saturated heterocycles. The monoisotopic (exact) mass is 476 g/mol. The summed E-state index contributed by atoms with van der Waals surface area (Å²) in [5.74, 6) is 0.178. The van der Waals surface area contributed by atoms with Crippen molar-refractivity contribution in [1.82, 2.24) is 0 Å². The zero-order chi connectivity index (χ0) is 24.1. The van der Waals surface area contributed by atoms with E-state index in [0.29, 0.717) is 6.42 Å². The van der Waals surface area contributed by atoms with E-state index >= 15 is 0 Å². The molecule has 6 heteroatoms. The number of hydrogen-bond acceptors (Lipinski definition) is 6. The number of esters is 1. The van der Waals surface area contributed by atoms with Crippen LogP contribution in [0, 0.1) is 17.3 Å². The van der Waals surface area contributed by atoms with E-state index in [2.05, 4.69) is 45.9 Å². The Kier molecular flexibility index (Phi) is 8.89. The van der Waals surface area contributed by atoms with E-state index in [1.165, 1.54) is 5.57 Å². The normalized spacial score (nSPS) is 35.2. The molecule has 0 radical (unpaired) electrons. The Labute approximate surface area is 205 Å². The van der Waals surface area contributed by atoms with Gasteiger partial charge in [-0.3, -0.25) is 4.79 Å². The van der Waals surface area contributed by atoms with E-state index in [9.17, 15) is 4.79 Å². The van der Waals surface area contributed by atoms with Gasteiger partial charge >= 0.3 is 5.97 Å². The Hall–Kier alpha value is -1.21. The zero-order valence-corrected chi connectivity index (χ0v) is 21.5. The minimum atomic E-state index is -0.162. The lowest BCUT2D eigenvalue weighted by Gasteiger charge is -2.36. The second-order valence-corrected chi connectivity index (χ2v) is 11.4. The molecule has 34 heavy (non-hydrogen) atoms. The van der Waals surface area contributed by atoms with Crippen molar-refractivity contribution in [1.29, 1.82) is 0 Å². The SMILES string of the molecule is CC(C)=CCC(C)(C)[C@@H](C=C[C@@H]1[C@H]2CC(=O)O[C@H]2C[C@H]1OC1CCCCO1)OC1CCCCO1. The summed E-state index contributed by atoms with van der Waals surface area (Å²) in [6, 6.07) is 0. The van der Waals surface area contributed by atoms with Gasteiger partial charge in [0.2, 0.25) is 0 Å². The largest absolute Gasteiger partial charge is 0.462 e. The number of ether oxygens (including phenoxy) is 5. The van der Waals surface area contributed by atoms with Crippen LogP contribution in [0.15, 0.2) is 23.8 Å². The maximum atomic E-state index is 12.0. The summed E-state index contributed by atoms with van der Waals surface area (Å²) in [6.07, 6.45) is 14.7. The predicted molar refractivity (Wildman–Crippen MR) is 130 cm³/mol. The van der Waals surface area contributed by atoms with Gasteiger partial charge in [0.05, 0.1) is 18.6 Å². The molecule has 4 aliphatic rings. The van der Waals surface area contributed by atoms with Crippen molar-refractivity contribution < 1.29 is 28.5 Å². The van der Waals surface area contributed by atoms with Gasteiger partial charge in [-0.15, -0.1) is 0 Å². The molecule has 0 aromatic rings. The number of fused-ring (bicyclic) bond motifs is 1. The van der Waals surface area contributed by atoms with E-state index in [1.807, 2.05) is 0 Å². The first-order chi connectivity index (χ1) is 16.3. The van der Waals surface area contributed by atoms with Gasteiger partial charge in [-0.25, -0.2) is 0 Å². The molecule has 192 valence electrons. The van der Waals surface area contributed by atoms with Crippen molar-refractivity contribution >= 4 is 5.97 Å². The van der Waals surface area contributed by atoms with E-state index in [1.54, 1.807) is 0 Å². The molecule has 1 saturated carbocycles. The molecule has 0 aromatic heterocycles. The first kappa shape index (κ1) is 25.9. The van der Waals surface area contributed by atoms with Crippen molar-refractivity contribution in [2.24, 2.45) is 17.3 Å². The smallest absolute Gasteiger partial charge is 0.306 e. The third-order valence-corrected chi connectivity index (χ3v) is 7.77. The van der Waals surface area contributed by atoms with Crippen LogP contribution in [0.3, 0.4) is 0 Å². The van der Waals surface area contributed by atoms with E-state index < -0.39 is 0 Å². The summed E-state index contributed by atoms with van der Waals surface area (Å²) in [5.41, 5.74) is 1.21. The van der Waals surface area contributed by atoms with Crippen LogP contribution >= 0.6 is 0 Å². The summed E-state index contributed by atoms with van der Waals surface area (Å²) in [6.45, 7) is 10.3. The molecule has 0 spiro atoms. The van der Waals surface area contributed by atoms with Gasteiger partial charge in [0, 0.05) is 31.5 Å². The number of rotatable bonds is 9. The van der Waals surface area contributed by atoms with Gasteiger partial charge < -0.3 is 23.7 Å². The number of hydrogen-bond donors (Lipinski definition) is 0. The van der Waals surface area contributed by atoms with Gasteiger partial charge in [-0.2, -0.15) is 0 Å². The Morgan fingerprint density at radius 1 is 1.09 bits per heavy atom. The third kappa shape index (κ3) is 6.71. The van der Waals surface area contributed by atoms with Gasteiger partial charge in [-0.1, -0.05) is 37.6 Å². The fourth-order valence-electron chi connectivity index (χ4n) is 5.61. The van der Waals surface area contributed by atoms with Crippen LogP contribution in [-0.4, -0.2) is 50.1 Å². The number of allylic oxidation sites excluding steroid dienone is 2. The number of carbonyl (C=O) groups excluding carboxylic acids is 1. The van der Waals surface area contributed by atoms with Crippen LogP contribution in [0.4, 0.5) is 0 Å². The lowest BCUT2D eigenvalue weighted by Crippen LogP contribution is -2.36. The highest BCUT2D eigenvalue weighted by Crippen LogP contribution is 2.45. The standard InChI is InChI=1S/C28H44O6/c1-19(2)13-14-28(3,4)24(34-27-10-6-8-16-31-27)12-11-20-21-17-25(29)32-23(21)18-22(20)33-26-9-5-7-15-30-26/h11-13,20-24,26-27H,5-10,14-18H2,1-4H3/t20-,21-,22-,23+,24-,26?,27?/m1/s1. The van der Waals surface area contributed by atoms with Crippen molar-refractivity contribution in [3.8, 4) is 0 Å². The van der Waals surface area contributed by atoms with Gasteiger partial charge in [0.1, 0.15) is 6.10 Å². The molecule has 0 amide bonds. The molecule has 0 bridgehead atoms. The molecule has 0 N–H and O–H groups in total. The minimum Gasteiger partial charge on any atom is -0.462 e. The van der Waals surface area contributed by atoms with Crippen molar-refractivity contribution in [2.75, 3.05) is 13.2 Å². The first-order valence-corrected chi connectivity index (χ1v) is 13.4. The lowest BCUT2D eigenvalue weighted by atomic mass is 9.81. The average Bonchev–Trinajstić information content (AvgIpc) is 3.32. The molecule has 3 heterocycles. The maximum Gasteiger partial charge on any atom is 0.306 e. The second kappa shape index (κ2) is 11.7. The molecule has 1 aliphatic carbocycles. The Balaban J connectivity index is 1.51. The molecular formula is C28H44O6. The Morgan fingerprint density at radius 2 is 1.79 bits per heavy atom. The first-order valence-electron chi connectivity index (χ1n) is 13.4. The lowest BCUT2D eigenvalue weighted by molar-refractivity contribution is -0.197. The van der Waals surface area contributed by atoms with Gasteiger partial charge in [0.15, 0.2) is 12.6 Å². The van der Waals surface area contributed by atoms with E-state index in [-0.39, 0.29) is 54.1 Å². The van der Waals surface area contributed by atoms with Gasteiger partial charge in [0.25, 0.3) is 0 Å². The molecule has 3 aliphatic heterocycles. The zero-order valence-electron chi connectivity index (χ0n) is 21.5. The summed E-state index contributed by atoms with van der Waals surface area (Å²) in [5, 5.41) is 0. The van der Waals surface area contributed by atoms with Crippen LogP contribution in [0.25, 0.3) is 0 Å². The molecular weight excluding hydrogens is 432 g/mol. The molecule has 6 nitrogen and oxygen atoms in total. The third-order valence-electron chi connectivity index (χ3n) is 7.77. The fourth-order valence-corrected chi connectivity index (χ4v) is 5.61. The fraction of sp³-hybridized carbons (Fsp3) is 0.821. The second-order valence-electron chi connectivity index (χ2n) is 11.4. The van der Waals surface area contributed by atoms with E-state index in [4.69, 9.17) is 23.7 Å². The quantitative estimate of drug-likeness (QED) is 0.314. The van der Waals surface area contributed by atoms with Crippen LogP contribution < -0.4 is 0 Å². The summed E-state index contributed by atoms with van der Waals surface area (Å²) >= 11 is 0. The topological polar surface area (TPSA) is 63.2 Å². The highest BCUT2D eigenvalue weighted by atomic mass is 16.7. The molecule has 0 aromatic carbocycles. The highest BCUT2D eigenvalue weighted by molar-refractivity contribution is 5.72. The summed E-state index contributed by atoms with van der Waals surface area (Å²) in [4.78, 5) is 12.0. The summed E-state index contributed by atoms with van der Waals surface area (Å²) < 4.78 is 30.4. The Morgan fingerprint density at radius 3 is 2.44 bits per heavy atom. The van der Waals surface area contributed by atoms with Crippen LogP contribution in [0.2, 0.25) is 0 Å². The Bertz CT molecular complexity index is 727. The average molecular weight is 477 g/mol. The highest BCUT2D eigenvalue weighted by Gasteiger charge is 2.50. The van der Waals surface area contributed by atoms with Crippen molar-refractivity contribution in [2.45, 2.75) is 116 Å². The van der Waals surface area contributed by atoms with Crippen LogP contribution in [-0.2, 0) is 28.5 Å². The van der Waals surface area contributed by atoms with Crippen LogP contribution in [0.1, 0.15) is 85.5 Å². The van der Waals surface area contributed by atoms with Crippen LogP contribution in [0.5, 0.6) is 0 Å². The summed E-state index contributed by atoms with van der Waals surface area (Å²) in [7, 11) is 0.